The molecular weight excluding hydrogens is 1660 g/mol. The molecular formula is C48H60N12O35S11. The number of azo groups is 4. The molecule has 0 radical (unpaired) electrons. The van der Waals surface area contributed by atoms with Crippen molar-refractivity contribution in [3.8, 4) is 0 Å². The number of nitrogen functional groups attached to an aromatic ring is 2. The van der Waals surface area contributed by atoms with E-state index in [1.165, 1.54) is 105 Å². The number of anilines is 2. The fourth-order valence-electron chi connectivity index (χ4n) is 6.35. The zero-order chi connectivity index (χ0) is 79.9. The molecule has 0 aliphatic heterocycles. The second kappa shape index (κ2) is 47.7. The van der Waals surface area contributed by atoms with Gasteiger partial charge in [0.05, 0.1) is 129 Å². The van der Waals surface area contributed by atoms with Gasteiger partial charge in [-0.05, 0) is 129 Å². The number of carboxylic acids is 1. The van der Waals surface area contributed by atoms with Crippen LogP contribution in [0.2, 0.25) is 0 Å². The van der Waals surface area contributed by atoms with Crippen molar-refractivity contribution in [2.24, 2.45) is 52.4 Å². The molecule has 6 aromatic carbocycles. The maximum Gasteiger partial charge on any atom is 0.397 e. The summed E-state index contributed by atoms with van der Waals surface area (Å²) in [5.41, 5.74) is 21.2. The first kappa shape index (κ1) is 95.1. The van der Waals surface area contributed by atoms with Crippen molar-refractivity contribution in [2.45, 2.75) is 41.2 Å². The molecule has 0 heterocycles. The molecule has 58 heteroatoms. The predicted octanol–water partition coefficient (Wildman–Crippen LogP) is 7.63. The van der Waals surface area contributed by atoms with Gasteiger partial charge in [-0.3, -0.25) is 23.0 Å². The third-order valence-corrected chi connectivity index (χ3v) is 19.9. The Morgan fingerprint density at radius 3 is 1.20 bits per heavy atom. The van der Waals surface area contributed by atoms with Gasteiger partial charge in [0, 0.05) is 16.7 Å². The van der Waals surface area contributed by atoms with Gasteiger partial charge in [0.25, 0.3) is 26.2 Å². The first-order valence-corrected chi connectivity index (χ1v) is 40.7. The Morgan fingerprint density at radius 2 is 0.792 bits per heavy atom. The second-order valence-electron chi connectivity index (χ2n) is 17.7. The SMILES string of the molecule is CC(=O)O.CN.CN.Nc1ccc(N=Nc2ccc(S(=O)(=O)CCOS(=O)(=O)O)cc2SOOO)cc1N=Nc1ccc(SOOCCS(=O)OOO)cc1S(=O)(=O)O.Nc1ccc(N=Nc2ccc(SOOCCS(=O)OOO)cc2S(=O)(=O)O)cc1N=Nc1ccc(S(=O)(=O)CCOS(=O)(=O)O)cc1. The van der Waals surface area contributed by atoms with Crippen LogP contribution < -0.4 is 22.9 Å². The topological polar surface area (TPSA) is 732 Å². The van der Waals surface area contributed by atoms with E-state index in [1.807, 2.05) is 0 Å². The molecule has 106 heavy (non-hydrogen) atoms. The highest BCUT2D eigenvalue weighted by Crippen LogP contribution is 2.38. The Kier molecular flexibility index (Phi) is 42.8. The van der Waals surface area contributed by atoms with E-state index in [4.69, 9.17) is 64.7 Å². The summed E-state index contributed by atoms with van der Waals surface area (Å²) in [6.07, 6.45) is 0. The lowest BCUT2D eigenvalue weighted by Gasteiger charge is -2.08. The van der Waals surface area contributed by atoms with Crippen LogP contribution in [0.4, 0.5) is 56.9 Å². The summed E-state index contributed by atoms with van der Waals surface area (Å²) in [6, 6.07) is 23.9. The van der Waals surface area contributed by atoms with E-state index in [0.29, 0.717) is 36.1 Å². The maximum atomic E-state index is 12.6. The molecule has 2 unspecified atom stereocenters. The van der Waals surface area contributed by atoms with Crippen molar-refractivity contribution in [3.05, 3.63) is 115 Å². The Labute approximate surface area is 619 Å². The normalized spacial score (nSPS) is 12.7. The summed E-state index contributed by atoms with van der Waals surface area (Å²) in [5, 5.41) is 73.8. The van der Waals surface area contributed by atoms with Gasteiger partial charge in [0.2, 0.25) is 0 Å². The summed E-state index contributed by atoms with van der Waals surface area (Å²) < 4.78 is 229. The number of carbonyl (C=O) groups is 1. The van der Waals surface area contributed by atoms with Crippen LogP contribution in [0, 0.1) is 0 Å². The lowest BCUT2D eigenvalue weighted by Crippen LogP contribution is -2.15. The van der Waals surface area contributed by atoms with Crippen LogP contribution in [-0.4, -0.2) is 168 Å². The highest BCUT2D eigenvalue weighted by atomic mass is 32.3. The number of nitrogens with zero attached hydrogens (tertiary/aromatic N) is 8. The summed E-state index contributed by atoms with van der Waals surface area (Å²) in [7, 11) is -24.4. The summed E-state index contributed by atoms with van der Waals surface area (Å²) >= 11 is -2.60. The maximum absolute atomic E-state index is 12.6. The van der Waals surface area contributed by atoms with Crippen molar-refractivity contribution in [2.75, 3.05) is 75.0 Å². The molecule has 0 amide bonds. The van der Waals surface area contributed by atoms with Crippen LogP contribution >= 0.6 is 36.1 Å². The van der Waals surface area contributed by atoms with Crippen molar-refractivity contribution in [1.82, 2.24) is 0 Å². The minimum absolute atomic E-state index is 0.00407. The summed E-state index contributed by atoms with van der Waals surface area (Å²) in [4.78, 5) is 17.0. The molecule has 16 N–H and O–H groups in total. The molecule has 0 saturated carbocycles. The van der Waals surface area contributed by atoms with Crippen molar-refractivity contribution < 1.29 is 158 Å². The third-order valence-electron chi connectivity index (χ3n) is 10.6. The molecule has 0 bridgehead atoms. The third kappa shape index (κ3) is 37.7. The Hall–Kier alpha value is -7.00. The fraction of sp³-hybridized carbons (Fsp3) is 0.229. The molecule has 0 aliphatic carbocycles. The van der Waals surface area contributed by atoms with E-state index in [2.05, 4.69) is 88.9 Å². The van der Waals surface area contributed by atoms with E-state index in [-0.39, 0.29) is 106 Å². The Morgan fingerprint density at radius 1 is 0.434 bits per heavy atom. The molecule has 2 atom stereocenters. The largest absolute Gasteiger partial charge is 0.481 e. The lowest BCUT2D eigenvalue weighted by atomic mass is 10.2. The quantitative estimate of drug-likeness (QED) is 0.00335. The Balaban J connectivity index is 0.000000657. The van der Waals surface area contributed by atoms with Gasteiger partial charge in [-0.1, -0.05) is 15.1 Å². The molecule has 0 fully saturated rings. The molecule has 0 spiro atoms. The molecule has 0 aliphatic rings. The molecule has 47 nitrogen and oxygen atoms in total. The van der Waals surface area contributed by atoms with Crippen LogP contribution in [0.3, 0.4) is 0 Å². The summed E-state index contributed by atoms with van der Waals surface area (Å²) in [6.45, 7) is -1.10. The van der Waals surface area contributed by atoms with Crippen LogP contribution in [0.5, 0.6) is 0 Å². The molecule has 6 rings (SSSR count). The number of rotatable bonds is 39. The van der Waals surface area contributed by atoms with Gasteiger partial charge < -0.3 is 28.0 Å². The highest BCUT2D eigenvalue weighted by Gasteiger charge is 2.23. The number of hydrogen-bond donors (Lipinski definition) is 12. The highest BCUT2D eigenvalue weighted by molar-refractivity contribution is 7.95. The minimum atomic E-state index is -4.87. The number of nitrogens with two attached hydrogens (primary N) is 4. The average Bonchev–Trinajstić information content (AvgIpc) is 0.831. The molecule has 0 saturated heterocycles. The summed E-state index contributed by atoms with van der Waals surface area (Å²) in [5.74, 6) is -2.86. The van der Waals surface area contributed by atoms with Crippen LogP contribution in [0.1, 0.15) is 6.92 Å². The van der Waals surface area contributed by atoms with Gasteiger partial charge in [0.15, 0.2) is 41.8 Å². The van der Waals surface area contributed by atoms with E-state index in [1.54, 1.807) is 0 Å². The number of benzene rings is 6. The van der Waals surface area contributed by atoms with Gasteiger partial charge in [0.1, 0.15) is 38.2 Å². The van der Waals surface area contributed by atoms with Crippen molar-refractivity contribution >= 4 is 182 Å². The first-order chi connectivity index (χ1) is 49.8. The zero-order valence-corrected chi connectivity index (χ0v) is 62.6. The van der Waals surface area contributed by atoms with E-state index >= 15 is 0 Å². The van der Waals surface area contributed by atoms with Gasteiger partial charge in [-0.2, -0.15) is 57.7 Å². The van der Waals surface area contributed by atoms with E-state index in [9.17, 15) is 68.0 Å². The number of carboxylic acid groups (broad SMARTS) is 1. The first-order valence-electron chi connectivity index (χ1n) is 27.1. The predicted molar refractivity (Wildman–Crippen MR) is 369 cm³/mol. The van der Waals surface area contributed by atoms with E-state index < -0.39 is 123 Å². The molecule has 0 aromatic heterocycles. The van der Waals surface area contributed by atoms with Gasteiger partial charge >= 0.3 is 20.8 Å². The number of hydrogen-bond acceptors (Lipinski definition) is 45. The van der Waals surface area contributed by atoms with Crippen LogP contribution in [0.15, 0.2) is 190 Å². The number of sulfone groups is 2. The molecule has 6 aromatic rings. The standard InChI is InChI=1S/C22H23N5O18S6.C22H23N5O15S5.C2H4O2.2CH5N/c23-17-4-1-14(24-25-18-6-3-16(13-21(18)47-44-41-28)49(31,32)10-8-40-51(36,37)38)11-20(17)27-26-19-5-2-15(12-22(19)50(33,34)35)46-43-39-7-9-48(30)45-42-29;23-19-7-3-16(13-21(19)27-24-15-1-5-18(6-2-15)45(30,31)12-10-39-47(35,36)37)25-26-20-8-4-17(14-22(20)46(32,33)34)43-41-38-9-11-44(29)42-40-28;1-2(3)4;2*1-2/h1-6,11-13,28-29H,7-10,23H2,(H,33,34,35)(H,36,37,38);1-8,13-14,28H,9-12,23H2,(H,32,33,34)(H,35,36,37);1H3,(H,3,4);2*2H2,1H3. The zero-order valence-electron chi connectivity index (χ0n) is 53.6. The van der Waals surface area contributed by atoms with Gasteiger partial charge in [-0.15, -0.1) is 38.6 Å². The van der Waals surface area contributed by atoms with Crippen molar-refractivity contribution in [3.63, 3.8) is 0 Å². The smallest absolute Gasteiger partial charge is 0.397 e. The van der Waals surface area contributed by atoms with E-state index in [0.717, 1.165) is 31.2 Å². The monoisotopic (exact) mass is 1720 g/mol. The minimum Gasteiger partial charge on any atom is -0.481 e. The fourth-order valence-corrected chi connectivity index (χ4v) is 13.0. The van der Waals surface area contributed by atoms with Crippen molar-refractivity contribution in [1.29, 1.82) is 0 Å². The molecule has 588 valence electrons. The average molecular weight is 1720 g/mol. The Bertz CT molecular complexity index is 4740. The number of aliphatic carboxylic acids is 1. The van der Waals surface area contributed by atoms with Gasteiger partial charge in [-0.25, -0.2) is 59.2 Å². The van der Waals surface area contributed by atoms with Crippen LogP contribution in [0.25, 0.3) is 0 Å². The second-order valence-corrected chi connectivity index (χ2v) is 31.5. The van der Waals surface area contributed by atoms with Crippen LogP contribution in [-0.2, 0) is 143 Å². The lowest BCUT2D eigenvalue weighted by molar-refractivity contribution is -0.435.